The number of rotatable bonds is 6. The van der Waals surface area contributed by atoms with Gasteiger partial charge in [0.1, 0.15) is 42.7 Å². The van der Waals surface area contributed by atoms with Gasteiger partial charge in [-0.05, 0) is 54.8 Å². The van der Waals surface area contributed by atoms with Gasteiger partial charge in [0.2, 0.25) is 5.43 Å². The van der Waals surface area contributed by atoms with Gasteiger partial charge in [-0.25, -0.2) is 4.39 Å². The van der Waals surface area contributed by atoms with Gasteiger partial charge in [-0.2, -0.15) is 0 Å². The molecule has 0 saturated heterocycles. The lowest BCUT2D eigenvalue weighted by molar-refractivity contribution is 0.171. The quantitative estimate of drug-likeness (QED) is 0.293. The van der Waals surface area contributed by atoms with Crippen LogP contribution in [-0.4, -0.2) is 13.2 Å². The van der Waals surface area contributed by atoms with Crippen LogP contribution in [0.15, 0.2) is 57.7 Å². The SMILES string of the molecule is CCCc1cc2c(=O)c(-c3ccc4c(c3)OCCO4)c(C)oc2cc1OCc1ccc(F)cc1Cl. The lowest BCUT2D eigenvalue weighted by Gasteiger charge is -2.19. The molecule has 5 nitrogen and oxygen atoms in total. The number of halogens is 2. The first kappa shape index (κ1) is 23.2. The number of benzene rings is 3. The molecule has 0 bridgehead atoms. The van der Waals surface area contributed by atoms with E-state index in [-0.39, 0.29) is 12.0 Å². The minimum Gasteiger partial charge on any atom is -0.488 e. The van der Waals surface area contributed by atoms with Crippen molar-refractivity contribution in [2.75, 3.05) is 13.2 Å². The van der Waals surface area contributed by atoms with Crippen molar-refractivity contribution in [2.45, 2.75) is 33.3 Å². The Morgan fingerprint density at radius 3 is 2.57 bits per heavy atom. The van der Waals surface area contributed by atoms with Gasteiger partial charge >= 0.3 is 0 Å². The van der Waals surface area contributed by atoms with Crippen LogP contribution >= 0.6 is 11.6 Å². The molecular weight excluding hydrogens is 471 g/mol. The molecule has 5 rings (SSSR count). The summed E-state index contributed by atoms with van der Waals surface area (Å²) in [5.41, 5.74) is 3.08. The van der Waals surface area contributed by atoms with E-state index in [1.54, 1.807) is 19.1 Å². The first-order chi connectivity index (χ1) is 16.9. The van der Waals surface area contributed by atoms with E-state index in [0.29, 0.717) is 68.9 Å². The number of aryl methyl sites for hydroxylation is 2. The van der Waals surface area contributed by atoms with E-state index in [2.05, 4.69) is 6.92 Å². The minimum atomic E-state index is -0.401. The van der Waals surface area contributed by atoms with Gasteiger partial charge in [-0.1, -0.05) is 37.1 Å². The van der Waals surface area contributed by atoms with Crippen LogP contribution in [-0.2, 0) is 13.0 Å². The van der Waals surface area contributed by atoms with Crippen molar-refractivity contribution in [1.29, 1.82) is 0 Å². The van der Waals surface area contributed by atoms with Gasteiger partial charge < -0.3 is 18.6 Å². The Bertz CT molecular complexity index is 1480. The van der Waals surface area contributed by atoms with E-state index in [1.807, 2.05) is 24.3 Å². The van der Waals surface area contributed by atoms with E-state index >= 15 is 0 Å². The molecule has 0 atom stereocenters. The van der Waals surface area contributed by atoms with Crippen molar-refractivity contribution in [2.24, 2.45) is 0 Å². The highest BCUT2D eigenvalue weighted by molar-refractivity contribution is 6.31. The third kappa shape index (κ3) is 4.58. The molecule has 35 heavy (non-hydrogen) atoms. The molecule has 1 aliphatic rings. The van der Waals surface area contributed by atoms with Crippen molar-refractivity contribution in [3.05, 3.63) is 86.5 Å². The Balaban J connectivity index is 1.55. The highest BCUT2D eigenvalue weighted by Crippen LogP contribution is 2.36. The molecule has 0 fully saturated rings. The molecule has 0 radical (unpaired) electrons. The van der Waals surface area contributed by atoms with Gasteiger partial charge in [0.05, 0.1) is 16.0 Å². The van der Waals surface area contributed by atoms with E-state index in [4.69, 9.17) is 30.2 Å². The predicted octanol–water partition coefficient (Wildman–Crippen LogP) is 6.86. The molecule has 1 aliphatic heterocycles. The first-order valence-electron chi connectivity index (χ1n) is 11.5. The molecule has 0 amide bonds. The van der Waals surface area contributed by atoms with E-state index in [0.717, 1.165) is 18.4 Å². The molecule has 7 heteroatoms. The Kier molecular flexibility index (Phi) is 6.39. The summed E-state index contributed by atoms with van der Waals surface area (Å²) in [5, 5.41) is 0.783. The second-order valence-corrected chi connectivity index (χ2v) is 8.86. The molecule has 0 N–H and O–H groups in total. The van der Waals surface area contributed by atoms with Crippen LogP contribution < -0.4 is 19.6 Å². The number of ether oxygens (including phenoxy) is 3. The minimum absolute atomic E-state index is 0.120. The van der Waals surface area contributed by atoms with E-state index < -0.39 is 5.82 Å². The zero-order valence-electron chi connectivity index (χ0n) is 19.5. The normalized spacial score (nSPS) is 12.7. The van der Waals surface area contributed by atoms with E-state index in [9.17, 15) is 9.18 Å². The topological polar surface area (TPSA) is 57.9 Å². The smallest absolute Gasteiger partial charge is 0.200 e. The summed E-state index contributed by atoms with van der Waals surface area (Å²) < 4.78 is 36.9. The lowest BCUT2D eigenvalue weighted by atomic mass is 9.99. The van der Waals surface area contributed by atoms with E-state index in [1.165, 1.54) is 12.1 Å². The first-order valence-corrected chi connectivity index (χ1v) is 11.9. The van der Waals surface area contributed by atoms with Crippen molar-refractivity contribution in [3.63, 3.8) is 0 Å². The van der Waals surface area contributed by atoms with Crippen molar-refractivity contribution in [1.82, 2.24) is 0 Å². The summed E-state index contributed by atoms with van der Waals surface area (Å²) in [6.45, 7) is 4.96. The maximum atomic E-state index is 13.6. The Morgan fingerprint density at radius 1 is 1.00 bits per heavy atom. The highest BCUT2D eigenvalue weighted by atomic mass is 35.5. The van der Waals surface area contributed by atoms with Crippen molar-refractivity contribution < 1.29 is 23.0 Å². The summed E-state index contributed by atoms with van der Waals surface area (Å²) in [7, 11) is 0. The molecule has 180 valence electrons. The Morgan fingerprint density at radius 2 is 1.80 bits per heavy atom. The van der Waals surface area contributed by atoms with Crippen LogP contribution in [0.4, 0.5) is 4.39 Å². The van der Waals surface area contributed by atoms with Gasteiger partial charge in [0.25, 0.3) is 0 Å². The average molecular weight is 495 g/mol. The highest BCUT2D eigenvalue weighted by Gasteiger charge is 2.19. The second kappa shape index (κ2) is 9.62. The van der Waals surface area contributed by atoms with Crippen molar-refractivity contribution in [3.8, 4) is 28.4 Å². The third-order valence-corrected chi connectivity index (χ3v) is 6.35. The molecule has 0 saturated carbocycles. The van der Waals surface area contributed by atoms with Crippen molar-refractivity contribution >= 4 is 22.6 Å². The predicted molar refractivity (Wildman–Crippen MR) is 133 cm³/mol. The number of fused-ring (bicyclic) bond motifs is 2. The monoisotopic (exact) mass is 494 g/mol. The van der Waals surface area contributed by atoms with Crippen LogP contribution in [0.3, 0.4) is 0 Å². The number of hydrogen-bond acceptors (Lipinski definition) is 5. The van der Waals surface area contributed by atoms with Crippen LogP contribution in [0.5, 0.6) is 17.2 Å². The molecule has 0 unspecified atom stereocenters. The summed E-state index contributed by atoms with van der Waals surface area (Å²) >= 11 is 6.16. The summed E-state index contributed by atoms with van der Waals surface area (Å²) in [5.74, 6) is 1.98. The maximum absolute atomic E-state index is 13.6. The number of hydrogen-bond donors (Lipinski definition) is 0. The molecule has 4 aromatic rings. The fourth-order valence-electron chi connectivity index (χ4n) is 4.30. The molecule has 2 heterocycles. The standard InChI is InChI=1S/C28H24ClFO5/c1-3-4-17-11-21-25(14-24(17)34-15-19-5-7-20(30)13-22(19)29)35-16(2)27(28(21)31)18-6-8-23-26(12-18)33-10-9-32-23/h5-8,11-14H,3-4,9-10,15H2,1-2H3. The zero-order chi connectivity index (χ0) is 24.5. The van der Waals surface area contributed by atoms with Gasteiger partial charge in [-0.3, -0.25) is 4.79 Å². The van der Waals surface area contributed by atoms with Crippen LogP contribution in [0.2, 0.25) is 5.02 Å². The van der Waals surface area contributed by atoms with Crippen LogP contribution in [0.1, 0.15) is 30.2 Å². The van der Waals surface area contributed by atoms with Crippen LogP contribution in [0.25, 0.3) is 22.1 Å². The van der Waals surface area contributed by atoms with Gasteiger partial charge in [0.15, 0.2) is 11.5 Å². The lowest BCUT2D eigenvalue weighted by Crippen LogP contribution is -2.15. The van der Waals surface area contributed by atoms with Gasteiger partial charge in [0, 0.05) is 11.6 Å². The fourth-order valence-corrected chi connectivity index (χ4v) is 4.53. The average Bonchev–Trinajstić information content (AvgIpc) is 2.84. The zero-order valence-corrected chi connectivity index (χ0v) is 20.2. The second-order valence-electron chi connectivity index (χ2n) is 8.45. The fraction of sp³-hybridized carbons (Fsp3) is 0.250. The summed E-state index contributed by atoms with van der Waals surface area (Å²) in [6, 6.07) is 13.3. The van der Waals surface area contributed by atoms with Crippen LogP contribution in [0, 0.1) is 12.7 Å². The molecule has 0 aliphatic carbocycles. The maximum Gasteiger partial charge on any atom is 0.200 e. The largest absolute Gasteiger partial charge is 0.488 e. The summed E-state index contributed by atoms with van der Waals surface area (Å²) in [6.07, 6.45) is 1.58. The molecule has 0 spiro atoms. The van der Waals surface area contributed by atoms with Gasteiger partial charge in [-0.15, -0.1) is 0 Å². The Labute approximate surface area is 207 Å². The molecule has 3 aromatic carbocycles. The molecular formula is C28H24ClFO5. The Hall–Kier alpha value is -3.51. The third-order valence-electron chi connectivity index (χ3n) is 6.00. The molecule has 1 aromatic heterocycles. The summed E-state index contributed by atoms with van der Waals surface area (Å²) in [4.78, 5) is 13.6.